The van der Waals surface area contributed by atoms with Gasteiger partial charge in [0.1, 0.15) is 5.69 Å². The van der Waals surface area contributed by atoms with Crippen LogP contribution in [0.3, 0.4) is 0 Å². The predicted molar refractivity (Wildman–Crippen MR) is 97.1 cm³/mol. The lowest BCUT2D eigenvalue weighted by Gasteiger charge is -2.08. The number of aromatic nitrogens is 3. The number of rotatable bonds is 4. The average Bonchev–Trinajstić information content (AvgIpc) is 2.65. The molecule has 0 fully saturated rings. The van der Waals surface area contributed by atoms with Crippen molar-refractivity contribution in [2.75, 3.05) is 0 Å². The van der Waals surface area contributed by atoms with Crippen LogP contribution in [-0.4, -0.2) is 26.0 Å². The van der Waals surface area contributed by atoms with Gasteiger partial charge in [0.2, 0.25) is 5.75 Å². The number of pyridine rings is 1. The Morgan fingerprint density at radius 2 is 2.12 bits per heavy atom. The van der Waals surface area contributed by atoms with E-state index in [-0.39, 0.29) is 18.1 Å². The van der Waals surface area contributed by atoms with Gasteiger partial charge in [-0.1, -0.05) is 29.8 Å². The number of halogens is 1. The molecule has 7 nitrogen and oxygen atoms in total. The van der Waals surface area contributed by atoms with E-state index in [2.05, 4.69) is 20.3 Å². The molecule has 0 spiro atoms. The summed E-state index contributed by atoms with van der Waals surface area (Å²) in [5.41, 5.74) is 0.902. The zero-order chi connectivity index (χ0) is 18.7. The van der Waals surface area contributed by atoms with E-state index in [1.54, 1.807) is 24.3 Å². The molecule has 2 aromatic heterocycles. The molecule has 3 rings (SSSR count). The van der Waals surface area contributed by atoms with Gasteiger partial charge in [-0.15, -0.1) is 0 Å². The van der Waals surface area contributed by atoms with E-state index < -0.39 is 17.2 Å². The molecule has 3 aromatic rings. The van der Waals surface area contributed by atoms with E-state index in [0.717, 1.165) is 11.1 Å². The third-order valence-electron chi connectivity index (χ3n) is 3.71. The molecule has 26 heavy (non-hydrogen) atoms. The largest absolute Gasteiger partial charge is 0.501 e. The molecular formula is C18H15ClN4O3. The number of hydrogen-bond donors (Lipinski definition) is 3. The minimum absolute atomic E-state index is 0.0944. The molecular weight excluding hydrogens is 356 g/mol. The fraction of sp³-hybridized carbons (Fsp3) is 0.111. The Balaban J connectivity index is 1.85. The summed E-state index contributed by atoms with van der Waals surface area (Å²) in [6.45, 7) is 2.05. The molecule has 0 aliphatic heterocycles. The number of H-pyrrole nitrogens is 1. The number of nitrogens with one attached hydrogen (secondary N) is 2. The van der Waals surface area contributed by atoms with Crippen LogP contribution >= 0.6 is 11.6 Å². The lowest BCUT2D eigenvalue weighted by atomic mass is 10.1. The summed E-state index contributed by atoms with van der Waals surface area (Å²) >= 11 is 6.06. The van der Waals surface area contributed by atoms with Gasteiger partial charge < -0.3 is 15.4 Å². The van der Waals surface area contributed by atoms with Crippen molar-refractivity contribution in [2.45, 2.75) is 13.5 Å². The maximum absolute atomic E-state index is 12.4. The van der Waals surface area contributed by atoms with Crippen LogP contribution in [0.5, 0.6) is 5.75 Å². The van der Waals surface area contributed by atoms with Crippen molar-refractivity contribution in [1.29, 1.82) is 0 Å². The lowest BCUT2D eigenvalue weighted by Crippen LogP contribution is -2.26. The van der Waals surface area contributed by atoms with E-state index in [1.165, 1.54) is 6.20 Å². The van der Waals surface area contributed by atoms with Crippen LogP contribution in [0, 0.1) is 6.92 Å². The number of aromatic amines is 1. The van der Waals surface area contributed by atoms with Gasteiger partial charge in [-0.2, -0.15) is 0 Å². The standard InChI is InChI=1S/C18H15ClN4O3/c1-10-5-6-11(8-12(10)19)9-21-17(25)14-15(24)18(26)23-16(22-14)13-4-2-3-7-20-13/h2-8,24H,9H2,1H3,(H,21,25)(H,22,23,26). The van der Waals surface area contributed by atoms with Crippen LogP contribution in [0.1, 0.15) is 21.6 Å². The van der Waals surface area contributed by atoms with Crippen LogP contribution < -0.4 is 10.9 Å². The minimum atomic E-state index is -0.816. The molecule has 0 aliphatic carbocycles. The molecule has 8 heteroatoms. The van der Waals surface area contributed by atoms with E-state index in [9.17, 15) is 14.7 Å². The van der Waals surface area contributed by atoms with E-state index in [0.29, 0.717) is 10.7 Å². The second-order valence-electron chi connectivity index (χ2n) is 5.59. The summed E-state index contributed by atoms with van der Waals surface area (Å²) in [6, 6.07) is 10.5. The first-order chi connectivity index (χ1) is 12.5. The van der Waals surface area contributed by atoms with E-state index >= 15 is 0 Å². The average molecular weight is 371 g/mol. The highest BCUT2D eigenvalue weighted by atomic mass is 35.5. The van der Waals surface area contributed by atoms with Crippen molar-refractivity contribution < 1.29 is 9.90 Å². The first-order valence-electron chi connectivity index (χ1n) is 7.73. The fourth-order valence-corrected chi connectivity index (χ4v) is 2.46. The normalized spacial score (nSPS) is 10.5. The van der Waals surface area contributed by atoms with Crippen LogP contribution in [0.2, 0.25) is 5.02 Å². The van der Waals surface area contributed by atoms with Gasteiger partial charge in [-0.3, -0.25) is 14.6 Å². The van der Waals surface area contributed by atoms with Crippen molar-refractivity contribution in [3.05, 3.63) is 74.8 Å². The van der Waals surface area contributed by atoms with Crippen molar-refractivity contribution in [3.63, 3.8) is 0 Å². The minimum Gasteiger partial charge on any atom is -0.501 e. The molecule has 0 bridgehead atoms. The summed E-state index contributed by atoms with van der Waals surface area (Å²) in [5.74, 6) is -1.33. The van der Waals surface area contributed by atoms with Crippen molar-refractivity contribution in [1.82, 2.24) is 20.3 Å². The summed E-state index contributed by atoms with van der Waals surface area (Å²) in [7, 11) is 0. The Bertz CT molecular complexity index is 1020. The van der Waals surface area contributed by atoms with Crippen LogP contribution in [0.25, 0.3) is 11.5 Å². The molecule has 0 atom stereocenters. The number of aromatic hydroxyl groups is 1. The number of amides is 1. The van der Waals surface area contributed by atoms with Crippen LogP contribution in [-0.2, 0) is 6.54 Å². The molecule has 3 N–H and O–H groups in total. The Labute approximate surface area is 153 Å². The highest BCUT2D eigenvalue weighted by molar-refractivity contribution is 6.31. The Morgan fingerprint density at radius 3 is 2.81 bits per heavy atom. The van der Waals surface area contributed by atoms with Crippen molar-refractivity contribution in [3.8, 4) is 17.3 Å². The third-order valence-corrected chi connectivity index (χ3v) is 4.11. The highest BCUT2D eigenvalue weighted by Gasteiger charge is 2.18. The lowest BCUT2D eigenvalue weighted by molar-refractivity contribution is 0.0942. The number of hydrogen-bond acceptors (Lipinski definition) is 5. The maximum Gasteiger partial charge on any atom is 0.294 e. The molecule has 0 saturated carbocycles. The molecule has 0 aliphatic rings. The summed E-state index contributed by atoms with van der Waals surface area (Å²) in [5, 5.41) is 13.1. The molecule has 132 valence electrons. The van der Waals surface area contributed by atoms with Gasteiger partial charge in [0.25, 0.3) is 11.5 Å². The SMILES string of the molecule is Cc1ccc(CNC(=O)c2nc(-c3ccccn3)[nH]c(=O)c2O)cc1Cl. The first kappa shape index (κ1) is 17.6. The summed E-state index contributed by atoms with van der Waals surface area (Å²) in [6.07, 6.45) is 1.53. The predicted octanol–water partition coefficient (Wildman–Crippen LogP) is 2.43. The van der Waals surface area contributed by atoms with E-state index in [1.807, 2.05) is 19.1 Å². The van der Waals surface area contributed by atoms with E-state index in [4.69, 9.17) is 11.6 Å². The maximum atomic E-state index is 12.4. The Morgan fingerprint density at radius 1 is 1.31 bits per heavy atom. The smallest absolute Gasteiger partial charge is 0.294 e. The molecule has 1 aromatic carbocycles. The number of aryl methyl sites for hydroxylation is 1. The zero-order valence-electron chi connectivity index (χ0n) is 13.8. The molecule has 0 radical (unpaired) electrons. The van der Waals surface area contributed by atoms with Gasteiger partial charge in [-0.25, -0.2) is 4.98 Å². The van der Waals surface area contributed by atoms with Crippen LogP contribution in [0.15, 0.2) is 47.4 Å². The second kappa shape index (κ2) is 7.37. The number of nitrogens with zero attached hydrogens (tertiary/aromatic N) is 2. The van der Waals surface area contributed by atoms with Crippen molar-refractivity contribution in [2.24, 2.45) is 0 Å². The van der Waals surface area contributed by atoms with Gasteiger partial charge in [0.05, 0.1) is 0 Å². The first-order valence-corrected chi connectivity index (χ1v) is 8.11. The topological polar surface area (TPSA) is 108 Å². The van der Waals surface area contributed by atoms with Gasteiger partial charge in [0, 0.05) is 17.8 Å². The summed E-state index contributed by atoms with van der Waals surface area (Å²) in [4.78, 5) is 34.8. The van der Waals surface area contributed by atoms with Gasteiger partial charge in [0.15, 0.2) is 11.5 Å². The van der Waals surface area contributed by atoms with Gasteiger partial charge in [-0.05, 0) is 36.2 Å². The molecule has 0 unspecified atom stereocenters. The number of carbonyl (C=O) groups is 1. The Hall–Kier alpha value is -3.19. The molecule has 0 saturated heterocycles. The molecule has 2 heterocycles. The number of benzene rings is 1. The third kappa shape index (κ3) is 3.73. The van der Waals surface area contributed by atoms with Gasteiger partial charge >= 0.3 is 0 Å². The molecule has 1 amide bonds. The van der Waals surface area contributed by atoms with Crippen LogP contribution in [0.4, 0.5) is 0 Å². The summed E-state index contributed by atoms with van der Waals surface area (Å²) < 4.78 is 0. The highest BCUT2D eigenvalue weighted by Crippen LogP contribution is 2.17. The zero-order valence-corrected chi connectivity index (χ0v) is 14.5. The number of carbonyl (C=O) groups excluding carboxylic acids is 1. The quantitative estimate of drug-likeness (QED) is 0.653. The Kier molecular flexibility index (Phi) is 4.99. The fourth-order valence-electron chi connectivity index (χ4n) is 2.26. The van der Waals surface area contributed by atoms with Crippen molar-refractivity contribution >= 4 is 17.5 Å². The second-order valence-corrected chi connectivity index (χ2v) is 6.00. The monoisotopic (exact) mass is 370 g/mol.